The molecule has 0 fully saturated rings. The fourth-order valence-corrected chi connectivity index (χ4v) is 4.37. The molecule has 1 aromatic heterocycles. The van der Waals surface area contributed by atoms with Crippen LogP contribution in [0.4, 0.5) is 0 Å². The highest BCUT2D eigenvalue weighted by Crippen LogP contribution is 2.29. The molecule has 0 aliphatic rings. The van der Waals surface area contributed by atoms with Crippen LogP contribution in [-0.2, 0) is 6.42 Å². The Bertz CT molecular complexity index is 558. The number of likely N-dealkylation sites (N-methyl/N-ethyl adjacent to an activating group) is 1. The Hall–Kier alpha value is 0.380. The van der Waals surface area contributed by atoms with Gasteiger partial charge in [-0.1, -0.05) is 18.5 Å². The summed E-state index contributed by atoms with van der Waals surface area (Å²) in [5, 5.41) is 6.48. The molecular weight excluding hydrogens is 456 g/mol. The van der Waals surface area contributed by atoms with Gasteiger partial charge >= 0.3 is 0 Å². The standard InChI is InChI=1S/C14H14BrClINS/c1-2-18-14(7-11-5-9(15)8-19-11)12-6-10(16)3-4-13(12)17/h3-6,8,14,18H,2,7H2,1H3. The predicted octanol–water partition coefficient (Wildman–Crippen LogP) is 5.66. The first kappa shape index (κ1) is 15.8. The van der Waals surface area contributed by atoms with Gasteiger partial charge in [0.1, 0.15) is 0 Å². The van der Waals surface area contributed by atoms with Crippen LogP contribution in [-0.4, -0.2) is 6.54 Å². The Kier molecular flexibility index (Phi) is 6.14. The summed E-state index contributed by atoms with van der Waals surface area (Å²) in [4.78, 5) is 1.37. The van der Waals surface area contributed by atoms with Gasteiger partial charge < -0.3 is 5.32 Å². The van der Waals surface area contributed by atoms with E-state index in [1.165, 1.54) is 14.0 Å². The van der Waals surface area contributed by atoms with Gasteiger partial charge in [-0.25, -0.2) is 0 Å². The van der Waals surface area contributed by atoms with Crippen molar-refractivity contribution in [3.05, 3.63) is 53.2 Å². The third-order valence-corrected chi connectivity index (χ3v) is 5.75. The van der Waals surface area contributed by atoms with Crippen molar-refractivity contribution in [3.8, 4) is 0 Å². The van der Waals surface area contributed by atoms with Crippen LogP contribution in [0.3, 0.4) is 0 Å². The minimum absolute atomic E-state index is 0.307. The lowest BCUT2D eigenvalue weighted by Gasteiger charge is -2.19. The Balaban J connectivity index is 2.26. The summed E-state index contributed by atoms with van der Waals surface area (Å²) in [5.74, 6) is 0. The minimum atomic E-state index is 0.307. The van der Waals surface area contributed by atoms with E-state index in [9.17, 15) is 0 Å². The zero-order chi connectivity index (χ0) is 13.8. The second-order valence-corrected chi connectivity index (χ2v) is 7.72. The molecule has 1 atom stereocenters. The monoisotopic (exact) mass is 469 g/mol. The minimum Gasteiger partial charge on any atom is -0.310 e. The van der Waals surface area contributed by atoms with Crippen LogP contribution < -0.4 is 5.32 Å². The summed E-state index contributed by atoms with van der Waals surface area (Å²) in [6.45, 7) is 3.08. The fourth-order valence-electron chi connectivity index (χ4n) is 1.98. The van der Waals surface area contributed by atoms with Crippen molar-refractivity contribution in [3.63, 3.8) is 0 Å². The summed E-state index contributed by atoms with van der Waals surface area (Å²) >= 11 is 13.8. The molecular formula is C14H14BrClINS. The van der Waals surface area contributed by atoms with E-state index in [0.717, 1.165) is 22.5 Å². The van der Waals surface area contributed by atoms with Crippen LogP contribution in [0.25, 0.3) is 0 Å². The quantitative estimate of drug-likeness (QED) is 0.556. The number of nitrogens with one attached hydrogen (secondary N) is 1. The highest BCUT2D eigenvalue weighted by molar-refractivity contribution is 14.1. The zero-order valence-corrected chi connectivity index (χ0v) is 15.7. The molecule has 102 valence electrons. The molecule has 0 bridgehead atoms. The van der Waals surface area contributed by atoms with E-state index in [-0.39, 0.29) is 0 Å². The molecule has 0 aliphatic carbocycles. The van der Waals surface area contributed by atoms with Crippen molar-refractivity contribution in [2.24, 2.45) is 0 Å². The molecule has 0 radical (unpaired) electrons. The molecule has 1 heterocycles. The normalized spacial score (nSPS) is 12.6. The molecule has 0 amide bonds. The van der Waals surface area contributed by atoms with E-state index in [0.29, 0.717) is 6.04 Å². The van der Waals surface area contributed by atoms with Crippen molar-refractivity contribution in [2.75, 3.05) is 6.54 Å². The summed E-state index contributed by atoms with van der Waals surface area (Å²) in [5.41, 5.74) is 1.28. The largest absolute Gasteiger partial charge is 0.310 e. The Labute approximate surface area is 145 Å². The van der Waals surface area contributed by atoms with Crippen LogP contribution in [0.1, 0.15) is 23.4 Å². The number of hydrogen-bond acceptors (Lipinski definition) is 2. The maximum absolute atomic E-state index is 6.13. The van der Waals surface area contributed by atoms with Crippen LogP contribution in [0.2, 0.25) is 5.02 Å². The Morgan fingerprint density at radius 3 is 2.84 bits per heavy atom. The van der Waals surface area contributed by atoms with Crippen molar-refractivity contribution in [2.45, 2.75) is 19.4 Å². The van der Waals surface area contributed by atoms with Gasteiger partial charge in [0.15, 0.2) is 0 Å². The van der Waals surface area contributed by atoms with Crippen molar-refractivity contribution in [1.82, 2.24) is 5.32 Å². The third-order valence-electron chi connectivity index (χ3n) is 2.81. The smallest absolute Gasteiger partial charge is 0.0410 e. The zero-order valence-electron chi connectivity index (χ0n) is 10.4. The molecule has 1 unspecified atom stereocenters. The molecule has 2 rings (SSSR count). The Morgan fingerprint density at radius 1 is 1.42 bits per heavy atom. The number of hydrogen-bond donors (Lipinski definition) is 1. The van der Waals surface area contributed by atoms with E-state index in [1.54, 1.807) is 11.3 Å². The summed E-state index contributed by atoms with van der Waals surface area (Å²) < 4.78 is 2.41. The lowest BCUT2D eigenvalue weighted by Crippen LogP contribution is -2.23. The van der Waals surface area contributed by atoms with Crippen molar-refractivity contribution >= 4 is 61.5 Å². The van der Waals surface area contributed by atoms with Gasteiger partial charge in [-0.2, -0.15) is 0 Å². The average Bonchev–Trinajstić information content (AvgIpc) is 2.77. The van der Waals surface area contributed by atoms with Gasteiger partial charge in [0, 0.05) is 35.8 Å². The van der Waals surface area contributed by atoms with Crippen LogP contribution in [0, 0.1) is 3.57 Å². The lowest BCUT2D eigenvalue weighted by molar-refractivity contribution is 0.551. The van der Waals surface area contributed by atoms with E-state index >= 15 is 0 Å². The highest BCUT2D eigenvalue weighted by atomic mass is 127. The van der Waals surface area contributed by atoms with Crippen molar-refractivity contribution in [1.29, 1.82) is 0 Å². The first-order chi connectivity index (χ1) is 9.10. The molecule has 0 spiro atoms. The molecule has 1 nitrogen and oxygen atoms in total. The maximum atomic E-state index is 6.13. The molecule has 0 aliphatic heterocycles. The molecule has 5 heteroatoms. The lowest BCUT2D eigenvalue weighted by atomic mass is 10.0. The number of halogens is 3. The number of rotatable bonds is 5. The van der Waals surface area contributed by atoms with E-state index in [4.69, 9.17) is 11.6 Å². The summed E-state index contributed by atoms with van der Waals surface area (Å²) in [6.07, 6.45) is 0.987. The van der Waals surface area contributed by atoms with Gasteiger partial charge in [-0.05, 0) is 74.9 Å². The topological polar surface area (TPSA) is 12.0 Å². The number of benzene rings is 1. The molecule has 1 aromatic carbocycles. The van der Waals surface area contributed by atoms with Crippen LogP contribution in [0.15, 0.2) is 34.1 Å². The highest BCUT2D eigenvalue weighted by Gasteiger charge is 2.15. The SMILES string of the molecule is CCNC(Cc1cc(Br)cs1)c1cc(Cl)ccc1I. The summed E-state index contributed by atoms with van der Waals surface area (Å²) in [6, 6.07) is 8.58. The molecule has 0 saturated heterocycles. The van der Waals surface area contributed by atoms with Gasteiger partial charge in [-0.15, -0.1) is 11.3 Å². The first-order valence-electron chi connectivity index (χ1n) is 6.01. The summed E-state index contributed by atoms with van der Waals surface area (Å²) in [7, 11) is 0. The second-order valence-electron chi connectivity index (χ2n) is 4.21. The van der Waals surface area contributed by atoms with Crippen molar-refractivity contribution < 1.29 is 0 Å². The average molecular weight is 471 g/mol. The van der Waals surface area contributed by atoms with E-state index in [1.807, 2.05) is 6.07 Å². The van der Waals surface area contributed by atoms with Crippen LogP contribution >= 0.6 is 61.5 Å². The van der Waals surface area contributed by atoms with Crippen LogP contribution in [0.5, 0.6) is 0 Å². The molecule has 0 saturated carbocycles. The molecule has 2 aromatic rings. The van der Waals surface area contributed by atoms with E-state index < -0.39 is 0 Å². The molecule has 19 heavy (non-hydrogen) atoms. The maximum Gasteiger partial charge on any atom is 0.0410 e. The van der Waals surface area contributed by atoms with E-state index in [2.05, 4.69) is 74.3 Å². The van der Waals surface area contributed by atoms with Gasteiger partial charge in [-0.3, -0.25) is 0 Å². The number of thiophene rings is 1. The van der Waals surface area contributed by atoms with Gasteiger partial charge in [0.05, 0.1) is 0 Å². The predicted molar refractivity (Wildman–Crippen MR) is 96.3 cm³/mol. The fraction of sp³-hybridized carbons (Fsp3) is 0.286. The van der Waals surface area contributed by atoms with Gasteiger partial charge in [0.2, 0.25) is 0 Å². The third kappa shape index (κ3) is 4.43. The second kappa shape index (κ2) is 7.41. The van der Waals surface area contributed by atoms with Gasteiger partial charge in [0.25, 0.3) is 0 Å². The first-order valence-corrected chi connectivity index (χ1v) is 9.14. The molecule has 1 N–H and O–H groups in total. The Morgan fingerprint density at radius 2 is 2.21 bits per heavy atom.